The van der Waals surface area contributed by atoms with Crippen LogP contribution in [0, 0.1) is 5.41 Å². The number of hydrogen-bond acceptors (Lipinski definition) is 3. The van der Waals surface area contributed by atoms with Gasteiger partial charge in [-0.1, -0.05) is 13.8 Å². The summed E-state index contributed by atoms with van der Waals surface area (Å²) in [6.45, 7) is 6.75. The van der Waals surface area contributed by atoms with Crippen LogP contribution in [0.1, 0.15) is 20.3 Å². The van der Waals surface area contributed by atoms with Crippen molar-refractivity contribution in [1.82, 2.24) is 9.97 Å². The van der Waals surface area contributed by atoms with Crippen molar-refractivity contribution >= 4 is 21.7 Å². The summed E-state index contributed by atoms with van der Waals surface area (Å²) in [4.78, 5) is 10.6. The molecule has 1 aromatic rings. The Morgan fingerprint density at radius 3 is 2.86 bits per heavy atom. The van der Waals surface area contributed by atoms with Crippen molar-refractivity contribution in [2.24, 2.45) is 5.41 Å². The predicted octanol–water partition coefficient (Wildman–Crippen LogP) is 2.48. The lowest BCUT2D eigenvalue weighted by molar-refractivity contribution is 0.418. The fourth-order valence-electron chi connectivity index (χ4n) is 1.83. The minimum atomic E-state index is 0.407. The topological polar surface area (TPSA) is 29.0 Å². The minimum absolute atomic E-state index is 0.407. The summed E-state index contributed by atoms with van der Waals surface area (Å²) in [5.41, 5.74) is 0.407. The van der Waals surface area contributed by atoms with E-state index < -0.39 is 0 Å². The molecule has 0 radical (unpaired) electrons. The summed E-state index contributed by atoms with van der Waals surface area (Å²) in [5.74, 6) is 1.02. The lowest BCUT2D eigenvalue weighted by atomic mass is 9.93. The molecule has 0 bridgehead atoms. The van der Waals surface area contributed by atoms with Crippen LogP contribution >= 0.6 is 15.9 Å². The van der Waals surface area contributed by atoms with Crippen LogP contribution in [0.25, 0.3) is 0 Å². The molecule has 0 amide bonds. The molecule has 76 valence electrons. The zero-order chi connectivity index (χ0) is 10.2. The molecular weight excluding hydrogens is 242 g/mol. The average Bonchev–Trinajstić information content (AvgIpc) is 2.47. The lowest BCUT2D eigenvalue weighted by Gasteiger charge is -2.21. The third kappa shape index (κ3) is 1.90. The second-order valence-corrected chi connectivity index (χ2v) is 5.38. The predicted molar refractivity (Wildman–Crippen MR) is 60.3 cm³/mol. The van der Waals surface area contributed by atoms with Gasteiger partial charge in [0.25, 0.3) is 0 Å². The van der Waals surface area contributed by atoms with Crippen LogP contribution in [0.3, 0.4) is 0 Å². The van der Waals surface area contributed by atoms with Gasteiger partial charge in [-0.05, 0) is 27.8 Å². The van der Waals surface area contributed by atoms with E-state index in [-0.39, 0.29) is 0 Å². The highest BCUT2D eigenvalue weighted by Crippen LogP contribution is 2.33. The van der Waals surface area contributed by atoms with E-state index in [0.717, 1.165) is 23.4 Å². The van der Waals surface area contributed by atoms with E-state index in [1.54, 1.807) is 12.5 Å². The second kappa shape index (κ2) is 3.50. The number of halogens is 1. The number of nitrogens with zero attached hydrogens (tertiary/aromatic N) is 3. The molecule has 3 nitrogen and oxygen atoms in total. The van der Waals surface area contributed by atoms with Crippen LogP contribution in [0.15, 0.2) is 17.0 Å². The first kappa shape index (κ1) is 9.90. The monoisotopic (exact) mass is 255 g/mol. The largest absolute Gasteiger partial charge is 0.355 e. The van der Waals surface area contributed by atoms with Crippen molar-refractivity contribution in [3.63, 3.8) is 0 Å². The van der Waals surface area contributed by atoms with Gasteiger partial charge in [-0.3, -0.25) is 0 Å². The third-order valence-electron chi connectivity index (χ3n) is 2.63. The maximum Gasteiger partial charge on any atom is 0.146 e. The van der Waals surface area contributed by atoms with Gasteiger partial charge in [0.05, 0.1) is 4.47 Å². The average molecular weight is 256 g/mol. The van der Waals surface area contributed by atoms with Gasteiger partial charge >= 0.3 is 0 Å². The molecule has 2 rings (SSSR count). The van der Waals surface area contributed by atoms with Crippen LogP contribution in [0.4, 0.5) is 5.82 Å². The van der Waals surface area contributed by atoms with Gasteiger partial charge in [0, 0.05) is 19.3 Å². The Morgan fingerprint density at radius 1 is 1.50 bits per heavy atom. The van der Waals surface area contributed by atoms with Gasteiger partial charge < -0.3 is 4.90 Å². The van der Waals surface area contributed by atoms with Crippen molar-refractivity contribution in [3.05, 3.63) is 17.0 Å². The van der Waals surface area contributed by atoms with Crippen LogP contribution in [-0.2, 0) is 0 Å². The molecule has 1 aliphatic rings. The third-order valence-corrected chi connectivity index (χ3v) is 3.18. The maximum atomic E-state index is 4.29. The summed E-state index contributed by atoms with van der Waals surface area (Å²) >= 11 is 3.48. The van der Waals surface area contributed by atoms with Gasteiger partial charge in [-0.25, -0.2) is 9.97 Å². The quantitative estimate of drug-likeness (QED) is 0.772. The summed E-state index contributed by atoms with van der Waals surface area (Å²) in [6, 6.07) is 0. The molecule has 4 heteroatoms. The highest BCUT2D eigenvalue weighted by molar-refractivity contribution is 9.10. The Kier molecular flexibility index (Phi) is 2.47. The fourth-order valence-corrected chi connectivity index (χ4v) is 2.30. The summed E-state index contributed by atoms with van der Waals surface area (Å²) in [7, 11) is 0. The first-order chi connectivity index (χ1) is 6.58. The van der Waals surface area contributed by atoms with E-state index in [1.807, 2.05) is 0 Å². The molecule has 0 atom stereocenters. The molecule has 1 saturated heterocycles. The molecule has 14 heavy (non-hydrogen) atoms. The van der Waals surface area contributed by atoms with Gasteiger partial charge in [-0.15, -0.1) is 0 Å². The van der Waals surface area contributed by atoms with Crippen molar-refractivity contribution < 1.29 is 0 Å². The van der Waals surface area contributed by atoms with E-state index in [2.05, 4.69) is 44.6 Å². The Balaban J connectivity index is 2.22. The SMILES string of the molecule is CC1(C)CCN(c2ncncc2Br)C1. The van der Waals surface area contributed by atoms with Crippen LogP contribution in [0.2, 0.25) is 0 Å². The zero-order valence-corrected chi connectivity index (χ0v) is 10.1. The molecule has 1 aliphatic heterocycles. The van der Waals surface area contributed by atoms with Gasteiger partial charge in [0.15, 0.2) is 0 Å². The lowest BCUT2D eigenvalue weighted by Crippen LogP contribution is -2.23. The minimum Gasteiger partial charge on any atom is -0.355 e. The van der Waals surface area contributed by atoms with E-state index in [1.165, 1.54) is 6.42 Å². The smallest absolute Gasteiger partial charge is 0.146 e. The molecular formula is C10H14BrN3. The Bertz CT molecular complexity index is 338. The first-order valence-corrected chi connectivity index (χ1v) is 5.58. The van der Waals surface area contributed by atoms with Gasteiger partial charge in [0.1, 0.15) is 12.1 Å². The van der Waals surface area contributed by atoms with Crippen molar-refractivity contribution in [2.75, 3.05) is 18.0 Å². The van der Waals surface area contributed by atoms with Crippen molar-refractivity contribution in [2.45, 2.75) is 20.3 Å². The number of rotatable bonds is 1. The number of anilines is 1. The highest BCUT2D eigenvalue weighted by Gasteiger charge is 2.30. The highest BCUT2D eigenvalue weighted by atomic mass is 79.9. The van der Waals surface area contributed by atoms with Crippen molar-refractivity contribution in [3.8, 4) is 0 Å². The molecule has 0 N–H and O–H groups in total. The standard InChI is InChI=1S/C10H14BrN3/c1-10(2)3-4-14(6-10)9-8(11)5-12-7-13-9/h5,7H,3-4,6H2,1-2H3. The van der Waals surface area contributed by atoms with E-state index >= 15 is 0 Å². The molecule has 2 heterocycles. The molecule has 1 fully saturated rings. The second-order valence-electron chi connectivity index (χ2n) is 4.53. The van der Waals surface area contributed by atoms with Gasteiger partial charge in [0.2, 0.25) is 0 Å². The molecule has 0 aromatic carbocycles. The number of aromatic nitrogens is 2. The summed E-state index contributed by atoms with van der Waals surface area (Å²) in [5, 5.41) is 0. The fraction of sp³-hybridized carbons (Fsp3) is 0.600. The molecule has 0 aliphatic carbocycles. The van der Waals surface area contributed by atoms with Crippen LogP contribution in [0.5, 0.6) is 0 Å². The van der Waals surface area contributed by atoms with Crippen LogP contribution in [-0.4, -0.2) is 23.1 Å². The molecule has 0 saturated carbocycles. The molecule has 0 unspecified atom stereocenters. The van der Waals surface area contributed by atoms with E-state index in [0.29, 0.717) is 5.41 Å². The Hall–Kier alpha value is -0.640. The van der Waals surface area contributed by atoms with Gasteiger partial charge in [-0.2, -0.15) is 0 Å². The first-order valence-electron chi connectivity index (χ1n) is 4.79. The summed E-state index contributed by atoms with van der Waals surface area (Å²) in [6.07, 6.45) is 4.63. The molecule has 1 aromatic heterocycles. The number of hydrogen-bond donors (Lipinski definition) is 0. The maximum absolute atomic E-state index is 4.29. The normalized spacial score (nSPS) is 20.1. The molecule has 0 spiro atoms. The zero-order valence-electron chi connectivity index (χ0n) is 8.50. The Morgan fingerprint density at radius 2 is 2.29 bits per heavy atom. The summed E-state index contributed by atoms with van der Waals surface area (Å²) < 4.78 is 0.984. The van der Waals surface area contributed by atoms with Crippen LogP contribution < -0.4 is 4.90 Å². The van der Waals surface area contributed by atoms with E-state index in [9.17, 15) is 0 Å². The van der Waals surface area contributed by atoms with E-state index in [4.69, 9.17) is 0 Å². The Labute approximate surface area is 92.7 Å². The van der Waals surface area contributed by atoms with Crippen molar-refractivity contribution in [1.29, 1.82) is 0 Å².